The summed E-state index contributed by atoms with van der Waals surface area (Å²) in [5.41, 5.74) is -0.696. The van der Waals surface area contributed by atoms with Crippen molar-refractivity contribution in [2.75, 3.05) is 0 Å². The Balaban J connectivity index is 4.41. The van der Waals surface area contributed by atoms with Gasteiger partial charge in [0.25, 0.3) is 0 Å². The second-order valence-corrected chi connectivity index (χ2v) is 4.28. The predicted octanol–water partition coefficient (Wildman–Crippen LogP) is 2.07. The molecule has 0 aromatic rings. The molecule has 15 heavy (non-hydrogen) atoms. The van der Waals surface area contributed by atoms with Crippen molar-refractivity contribution in [3.8, 4) is 0 Å². The van der Waals surface area contributed by atoms with E-state index < -0.39 is 17.6 Å². The average molecular weight is 212 g/mol. The van der Waals surface area contributed by atoms with Gasteiger partial charge in [-0.1, -0.05) is 13.2 Å². The first-order valence-corrected chi connectivity index (χ1v) is 4.97. The normalized spacial score (nSPS) is 13.4. The molecule has 1 unspecified atom stereocenters. The van der Waals surface area contributed by atoms with Gasteiger partial charge in [-0.3, -0.25) is 4.79 Å². The number of hydrogen-bond acceptors (Lipinski definition) is 3. The number of carbonyl (C=O) groups excluding carboxylic acids is 1. The van der Waals surface area contributed by atoms with E-state index in [1.54, 1.807) is 20.8 Å². The van der Waals surface area contributed by atoms with Crippen LogP contribution in [0.1, 0.15) is 27.2 Å². The first-order chi connectivity index (χ1) is 6.83. The van der Waals surface area contributed by atoms with E-state index in [0.717, 1.165) is 0 Å². The van der Waals surface area contributed by atoms with E-state index in [2.05, 4.69) is 13.2 Å². The molecule has 0 spiro atoms. The molecule has 1 N–H and O–H groups in total. The van der Waals surface area contributed by atoms with Crippen molar-refractivity contribution in [3.05, 3.63) is 25.3 Å². The average Bonchev–Trinajstić information content (AvgIpc) is 2.11. The fourth-order valence-electron chi connectivity index (χ4n) is 1.30. The Hall–Kier alpha value is -1.09. The van der Waals surface area contributed by atoms with E-state index in [1.165, 1.54) is 12.2 Å². The Kier molecular flexibility index (Phi) is 5.29. The minimum Gasteiger partial charge on any atom is -0.453 e. The van der Waals surface area contributed by atoms with Gasteiger partial charge in [0.15, 0.2) is 0 Å². The Labute approximate surface area is 91.4 Å². The maximum atomic E-state index is 11.7. The van der Waals surface area contributed by atoms with Crippen LogP contribution in [-0.4, -0.2) is 23.3 Å². The number of aliphatic hydroxyl groups is 1. The van der Waals surface area contributed by atoms with Crippen LogP contribution in [0.25, 0.3) is 0 Å². The molecule has 0 aliphatic carbocycles. The van der Waals surface area contributed by atoms with Crippen LogP contribution < -0.4 is 0 Å². The van der Waals surface area contributed by atoms with Crippen molar-refractivity contribution in [1.82, 2.24) is 0 Å². The van der Waals surface area contributed by atoms with E-state index in [0.29, 0.717) is 6.42 Å². The highest BCUT2D eigenvalue weighted by Gasteiger charge is 2.31. The summed E-state index contributed by atoms with van der Waals surface area (Å²) in [6.07, 6.45) is 2.38. The predicted molar refractivity (Wildman–Crippen MR) is 60.4 cm³/mol. The molecular weight excluding hydrogens is 192 g/mol. The van der Waals surface area contributed by atoms with Crippen LogP contribution in [0.4, 0.5) is 0 Å². The van der Waals surface area contributed by atoms with Gasteiger partial charge in [0.05, 0.1) is 11.5 Å². The number of aliphatic hydroxyl groups excluding tert-OH is 1. The van der Waals surface area contributed by atoms with Crippen LogP contribution in [0.2, 0.25) is 0 Å². The van der Waals surface area contributed by atoms with Crippen molar-refractivity contribution in [1.29, 1.82) is 0 Å². The minimum atomic E-state index is -0.696. The molecule has 86 valence electrons. The van der Waals surface area contributed by atoms with Crippen LogP contribution in [-0.2, 0) is 9.53 Å². The smallest absolute Gasteiger partial charge is 0.312 e. The molecule has 0 aliphatic rings. The summed E-state index contributed by atoms with van der Waals surface area (Å²) in [5, 5.41) is 9.24. The number of hydrogen-bond donors (Lipinski definition) is 1. The van der Waals surface area contributed by atoms with Crippen molar-refractivity contribution in [2.45, 2.75) is 39.4 Å². The number of ether oxygens (including phenoxy) is 1. The van der Waals surface area contributed by atoms with Crippen molar-refractivity contribution >= 4 is 5.97 Å². The van der Waals surface area contributed by atoms with Crippen LogP contribution in [0, 0.1) is 5.41 Å². The van der Waals surface area contributed by atoms with Gasteiger partial charge in [-0.05, 0) is 39.3 Å². The first kappa shape index (κ1) is 13.9. The number of rotatable bonds is 6. The molecule has 0 aromatic heterocycles. The summed E-state index contributed by atoms with van der Waals surface area (Å²) in [4.78, 5) is 11.7. The molecule has 0 saturated carbocycles. The lowest BCUT2D eigenvalue weighted by Gasteiger charge is -2.25. The third kappa shape index (κ3) is 4.79. The lowest BCUT2D eigenvalue weighted by atomic mass is 9.87. The molecule has 0 radical (unpaired) electrons. The molecule has 0 rings (SSSR count). The lowest BCUT2D eigenvalue weighted by Crippen LogP contribution is -2.32. The second-order valence-electron chi connectivity index (χ2n) is 4.28. The summed E-state index contributed by atoms with van der Waals surface area (Å²) in [6.45, 7) is 12.2. The maximum absolute atomic E-state index is 11.7. The molecule has 0 amide bonds. The molecule has 0 saturated heterocycles. The largest absolute Gasteiger partial charge is 0.453 e. The van der Waals surface area contributed by atoms with E-state index >= 15 is 0 Å². The summed E-state index contributed by atoms with van der Waals surface area (Å²) in [5.74, 6) is -0.354. The van der Waals surface area contributed by atoms with Gasteiger partial charge in [-0.15, -0.1) is 0 Å². The summed E-state index contributed by atoms with van der Waals surface area (Å²) >= 11 is 0. The fourth-order valence-corrected chi connectivity index (χ4v) is 1.30. The SMILES string of the molecule is C=CC(C=C)OC(=O)C(C)(C)CC(C)O. The zero-order valence-corrected chi connectivity index (χ0v) is 9.69. The van der Waals surface area contributed by atoms with Gasteiger partial charge < -0.3 is 9.84 Å². The van der Waals surface area contributed by atoms with Crippen LogP contribution in [0.5, 0.6) is 0 Å². The van der Waals surface area contributed by atoms with Gasteiger partial charge in [0, 0.05) is 0 Å². The minimum absolute atomic E-state index is 0.354. The first-order valence-electron chi connectivity index (χ1n) is 4.97. The highest BCUT2D eigenvalue weighted by molar-refractivity contribution is 5.76. The Bertz CT molecular complexity index is 233. The number of esters is 1. The molecule has 1 atom stereocenters. The quantitative estimate of drug-likeness (QED) is 0.541. The zero-order chi connectivity index (χ0) is 12.1. The molecule has 0 aliphatic heterocycles. The van der Waals surface area contributed by atoms with Gasteiger partial charge in [0.2, 0.25) is 0 Å². The molecule has 0 bridgehead atoms. The lowest BCUT2D eigenvalue weighted by molar-refractivity contribution is -0.157. The Morgan fingerprint density at radius 2 is 1.93 bits per heavy atom. The van der Waals surface area contributed by atoms with Crippen LogP contribution in [0.15, 0.2) is 25.3 Å². The fraction of sp³-hybridized carbons (Fsp3) is 0.583. The summed E-state index contributed by atoms with van der Waals surface area (Å²) < 4.78 is 5.13. The summed E-state index contributed by atoms with van der Waals surface area (Å²) in [6, 6.07) is 0. The van der Waals surface area contributed by atoms with E-state index in [9.17, 15) is 9.90 Å². The van der Waals surface area contributed by atoms with Crippen molar-refractivity contribution < 1.29 is 14.6 Å². The molecule has 3 heteroatoms. The van der Waals surface area contributed by atoms with E-state index in [4.69, 9.17) is 4.74 Å². The molecule has 0 fully saturated rings. The van der Waals surface area contributed by atoms with Gasteiger partial charge in [-0.2, -0.15) is 0 Å². The van der Waals surface area contributed by atoms with Gasteiger partial charge in [-0.25, -0.2) is 0 Å². The van der Waals surface area contributed by atoms with Gasteiger partial charge >= 0.3 is 5.97 Å². The van der Waals surface area contributed by atoms with Crippen LogP contribution in [0.3, 0.4) is 0 Å². The third-order valence-corrected chi connectivity index (χ3v) is 2.07. The number of carbonyl (C=O) groups is 1. The Morgan fingerprint density at radius 3 is 2.27 bits per heavy atom. The molecule has 3 nitrogen and oxygen atoms in total. The maximum Gasteiger partial charge on any atom is 0.312 e. The zero-order valence-electron chi connectivity index (χ0n) is 9.69. The van der Waals surface area contributed by atoms with E-state index in [-0.39, 0.29) is 5.97 Å². The van der Waals surface area contributed by atoms with Crippen LogP contribution >= 0.6 is 0 Å². The third-order valence-electron chi connectivity index (χ3n) is 2.07. The van der Waals surface area contributed by atoms with E-state index in [1.807, 2.05) is 0 Å². The molecule has 0 heterocycles. The highest BCUT2D eigenvalue weighted by Crippen LogP contribution is 2.25. The topological polar surface area (TPSA) is 46.5 Å². The molecule has 0 aromatic carbocycles. The monoisotopic (exact) mass is 212 g/mol. The second kappa shape index (κ2) is 5.71. The molecular formula is C12H20O3. The summed E-state index contributed by atoms with van der Waals surface area (Å²) in [7, 11) is 0. The standard InChI is InChI=1S/C12H20O3/c1-6-10(7-2)15-11(14)12(4,5)8-9(3)13/h6-7,9-10,13H,1-2,8H2,3-5H3. The Morgan fingerprint density at radius 1 is 1.47 bits per heavy atom. The van der Waals surface area contributed by atoms with Gasteiger partial charge in [0.1, 0.15) is 6.10 Å². The van der Waals surface area contributed by atoms with Crippen molar-refractivity contribution in [2.24, 2.45) is 5.41 Å². The van der Waals surface area contributed by atoms with Crippen molar-refractivity contribution in [3.63, 3.8) is 0 Å². The highest BCUT2D eigenvalue weighted by atomic mass is 16.5.